The summed E-state index contributed by atoms with van der Waals surface area (Å²) in [6.45, 7) is 3.84. The van der Waals surface area contributed by atoms with Crippen LogP contribution in [0, 0.1) is 55.7 Å². The summed E-state index contributed by atoms with van der Waals surface area (Å²) in [5, 5.41) is 67.8. The Labute approximate surface area is 721 Å². The second-order valence-electron chi connectivity index (χ2n) is 27.8. The van der Waals surface area contributed by atoms with Crippen molar-refractivity contribution in [2.75, 3.05) is 34.0 Å². The number of carbonyl (C=O) groups is 2. The molecule has 4 aromatic carbocycles. The lowest BCUT2D eigenvalue weighted by Crippen LogP contribution is -2.34. The minimum absolute atomic E-state index is 0.0133. The number of carboxylic acids is 1. The molecular weight excluding hydrogens is 1870 g/mol. The van der Waals surface area contributed by atoms with Gasteiger partial charge in [0.2, 0.25) is 5.43 Å². The Hall–Kier alpha value is -9.49. The van der Waals surface area contributed by atoms with Crippen LogP contribution in [-0.4, -0.2) is 154 Å². The average molecular weight is 1940 g/mol. The van der Waals surface area contributed by atoms with Crippen molar-refractivity contribution in [3.63, 3.8) is 0 Å². The monoisotopic (exact) mass is 1940 g/mol. The number of nitro groups is 2. The maximum absolute atomic E-state index is 13.8. The molecule has 2 saturated heterocycles. The molecule has 4 unspecified atom stereocenters. The predicted octanol–water partition coefficient (Wildman–Crippen LogP) is 7.00. The number of aromatic carboxylic acids is 1. The molecule has 6 aromatic rings. The molecule has 686 valence electrons. The first-order chi connectivity index (χ1) is 59.2. The first-order valence-corrected chi connectivity index (χ1v) is 46.0. The van der Waals surface area contributed by atoms with Gasteiger partial charge in [-0.05, 0) is 71.7 Å². The molecule has 0 bridgehead atoms. The highest BCUT2D eigenvalue weighted by Crippen LogP contribution is 2.68. The Balaban J connectivity index is 0.000000330. The number of ketones is 1. The van der Waals surface area contributed by atoms with E-state index in [0.717, 1.165) is 21.5 Å². The second kappa shape index (κ2) is 41.5. The van der Waals surface area contributed by atoms with Gasteiger partial charge in [0.25, 0.3) is 22.5 Å². The average Bonchev–Trinajstić information content (AvgIpc) is 1.12. The van der Waals surface area contributed by atoms with Crippen LogP contribution in [0.15, 0.2) is 108 Å². The van der Waals surface area contributed by atoms with Crippen molar-refractivity contribution in [2.24, 2.45) is 17.6 Å². The molecule has 0 saturated carbocycles. The van der Waals surface area contributed by atoms with E-state index >= 15 is 0 Å². The van der Waals surface area contributed by atoms with Crippen molar-refractivity contribution in [3.05, 3.63) is 206 Å². The lowest BCUT2D eigenvalue weighted by molar-refractivity contribution is -0.386. The lowest BCUT2D eigenvalue weighted by Gasteiger charge is -2.22. The molecule has 0 radical (unpaired) electrons. The summed E-state index contributed by atoms with van der Waals surface area (Å²) in [4.78, 5) is 191. The number of nitrogens with one attached hydrogen (secondary N) is 2. The van der Waals surface area contributed by atoms with Crippen LogP contribution in [0.5, 0.6) is 17.2 Å². The van der Waals surface area contributed by atoms with E-state index < -0.39 is 206 Å². The van der Waals surface area contributed by atoms with Crippen molar-refractivity contribution < 1.29 is 166 Å². The predicted molar refractivity (Wildman–Crippen MR) is 433 cm³/mol. The Morgan fingerprint density at radius 1 is 0.622 bits per heavy atom. The van der Waals surface area contributed by atoms with Crippen LogP contribution in [0.1, 0.15) is 132 Å². The zero-order valence-electron chi connectivity index (χ0n) is 66.0. The van der Waals surface area contributed by atoms with Crippen LogP contribution in [-0.2, 0) is 85.8 Å². The second-order valence-corrected chi connectivity index (χ2v) is 37.4. The number of H-pyrrole nitrogens is 2. The van der Waals surface area contributed by atoms with Gasteiger partial charge >= 0.3 is 64.3 Å². The summed E-state index contributed by atoms with van der Waals surface area (Å²) in [6.07, 6.45) is -9.57. The van der Waals surface area contributed by atoms with E-state index in [1.807, 2.05) is 0 Å². The number of aromatic amines is 2. The first kappa shape index (κ1) is 101. The number of aliphatic hydroxyl groups is 2. The SMILES string of the molecule is CC(C)[C@@H](OCc1cn([C@H]2C[C@@H](O)[C@@H](COP(=O)(O)OP(=O)(O)OP(=O)(O)O)O2)c(=O)[nH]c1=O)c1ccc(C#CCN)cc1[N+](=O)[O-].COc1cc2c(-c3cc(C(=O)CCC#Cc4ccc([C@H](OCc5cn([C@H]6C[C@@H](O)[C@@H](COP(=O)(O)OP(=O)(O)OP(=O)(O)O)O6)c(=O)[nH]c5=O)C(C)C)c([N+](=O)[O-])c4)ccc3C(=O)O)c3cc(OC)c(=O)c(Cl)c-3oc2c(Cl)c1[O-]. The molecule has 10 rings (SSSR count). The van der Waals surface area contributed by atoms with Gasteiger partial charge in [0.05, 0.1) is 114 Å². The van der Waals surface area contributed by atoms with E-state index in [-0.39, 0.29) is 121 Å². The summed E-state index contributed by atoms with van der Waals surface area (Å²) in [5.41, 5.74) is -0.00841. The number of methoxy groups -OCH3 is 2. The number of hydrogen-bond acceptors (Lipinski definition) is 34. The molecule has 49 nitrogen and oxygen atoms in total. The molecule has 1 aliphatic carbocycles. The largest absolute Gasteiger partial charge is 0.869 e. The fourth-order valence-electron chi connectivity index (χ4n) is 12.7. The molecule has 15 N–H and O–H groups in total. The van der Waals surface area contributed by atoms with Crippen LogP contribution in [0.2, 0.25) is 10.0 Å². The number of nitrogens with two attached hydrogens (primary N) is 1. The van der Waals surface area contributed by atoms with Gasteiger partial charge in [-0.3, -0.25) is 67.6 Å². The topological polar surface area (TPSA) is 745 Å². The number of phosphoric ester groups is 2. The van der Waals surface area contributed by atoms with Gasteiger partial charge in [-0.15, -0.1) is 0 Å². The summed E-state index contributed by atoms with van der Waals surface area (Å²) in [7, 11) is -31.6. The number of hydrogen-bond donors (Lipinski definition) is 14. The lowest BCUT2D eigenvalue weighted by atomic mass is 9.88. The number of phosphoric acid groups is 6. The van der Waals surface area contributed by atoms with Crippen LogP contribution >= 0.6 is 70.1 Å². The molecule has 4 aliphatic rings. The van der Waals surface area contributed by atoms with Gasteiger partial charge in [-0.1, -0.05) is 80.6 Å². The van der Waals surface area contributed by atoms with E-state index in [9.17, 15) is 121 Å². The number of aliphatic hydroxyl groups excluding tert-OH is 2. The zero-order valence-corrected chi connectivity index (χ0v) is 72.9. The number of aromatic nitrogens is 4. The molecule has 5 heterocycles. The molecule has 127 heavy (non-hydrogen) atoms. The Morgan fingerprint density at radius 2 is 1.08 bits per heavy atom. The van der Waals surface area contributed by atoms with Gasteiger partial charge in [0.1, 0.15) is 35.4 Å². The third-order valence-corrected chi connectivity index (χ3v) is 26.5. The number of nitro benzene ring substituents is 2. The maximum atomic E-state index is 13.8. The molecule has 3 aliphatic heterocycles. The van der Waals surface area contributed by atoms with E-state index in [1.54, 1.807) is 33.8 Å². The number of ether oxygens (including phenoxy) is 6. The van der Waals surface area contributed by atoms with E-state index in [4.69, 9.17) is 81.3 Å². The van der Waals surface area contributed by atoms with Gasteiger partial charge in [0, 0.05) is 83.4 Å². The molecule has 0 amide bonds. The van der Waals surface area contributed by atoms with Gasteiger partial charge in [0.15, 0.2) is 22.9 Å². The van der Waals surface area contributed by atoms with Crippen LogP contribution < -0.4 is 48.2 Å². The maximum Gasteiger partial charge on any atom is 0.490 e. The zero-order chi connectivity index (χ0) is 94.2. The van der Waals surface area contributed by atoms with Gasteiger partial charge in [-0.25, -0.2) is 41.8 Å². The number of carbonyl (C=O) groups excluding carboxylic acids is 1. The standard InChI is InChI=1S/C47H44Cl2N3O25P3.C23H31N4O17P3/c1-21(2)42(72-19-24-18-51(47(60)50-45(24)57)36-17-32(54)35(74-36)20-73-79(66,67)77-80(68,69)76-78(63,64)65)26-11-9-22(13-30(26)52(61)62)7-5-6-8-31(53)23-10-12-25(46(58)59)27(14-23)37-28-15-33(70-3)40(55)38(48)43(28)75-44-29(37)16-34(71-4)41(56)39(44)49;1-13(2)21(16-6-5-14(4-3-7-24)8-17(16)27(31)32)40-11-15-10-26(23(30)25-22(15)29)20-9-18(28)19(42-20)12-41-46(36,37)44-47(38,39)43-45(33,34)35/h9-16,18,21,32,35-36,42,54-55H,6,8,17,19-20H2,1-4H3,(H,58,59)(H,66,67)(H,68,69)(H,50,57,60)(H2,63,64,65);5-6,8,10,13,18-21,28H,7,9,11-12,24H2,1-2H3,(H,36,37)(H,38,39)(H,25,29,30)(H2,33,34,35)/p-1/t32-,35-,36-,42-;18-,19-,20-,21-/m11/s1. The molecule has 57 heteroatoms. The van der Waals surface area contributed by atoms with E-state index in [2.05, 4.69) is 59.9 Å². The van der Waals surface area contributed by atoms with Crippen LogP contribution in [0.4, 0.5) is 11.4 Å². The summed E-state index contributed by atoms with van der Waals surface area (Å²) < 4.78 is 134. The van der Waals surface area contributed by atoms with E-state index in [0.29, 0.717) is 5.56 Å². The third kappa shape index (κ3) is 26.0. The number of carboxylic acid groups (broad SMARTS) is 1. The molecule has 12 atom stereocenters. The number of benzene rings is 5. The Bertz CT molecular complexity index is 6340. The number of halogens is 2. The fourth-order valence-corrected chi connectivity index (χ4v) is 19.3. The van der Waals surface area contributed by atoms with Crippen molar-refractivity contribution in [2.45, 2.75) is 116 Å². The fraction of sp³-hybridized carbons (Fsp3) is 0.357. The highest BCUT2D eigenvalue weighted by atomic mass is 35.5. The number of nitrogens with zero attached hydrogens (tertiary/aromatic N) is 4. The molecular formula is C70H74Cl2N7O42P6-. The van der Waals surface area contributed by atoms with Crippen molar-refractivity contribution in [1.82, 2.24) is 19.1 Å². The number of rotatable bonds is 35. The van der Waals surface area contributed by atoms with Crippen LogP contribution in [0.25, 0.3) is 33.4 Å². The quantitative estimate of drug-likeness (QED) is 0.00474. The smallest absolute Gasteiger partial charge is 0.490 e. The van der Waals surface area contributed by atoms with Crippen molar-refractivity contribution >= 4 is 104 Å². The highest BCUT2D eigenvalue weighted by Gasteiger charge is 2.46. The number of fused-ring (bicyclic) bond motifs is 2. The number of Topliss-reactive ketones (excluding diaryl/α,β-unsaturated/α-hetero) is 1. The Morgan fingerprint density at radius 3 is 1.50 bits per heavy atom. The van der Waals surface area contributed by atoms with Gasteiger partial charge in [-0.2, -0.15) is 17.2 Å². The molecule has 2 fully saturated rings. The minimum atomic E-state index is -5.86. The van der Waals surface area contributed by atoms with Crippen molar-refractivity contribution in [1.29, 1.82) is 0 Å². The van der Waals surface area contributed by atoms with E-state index in [1.165, 1.54) is 74.9 Å². The Kier molecular flexibility index (Phi) is 33.1. The minimum Gasteiger partial charge on any atom is -0.869 e. The summed E-state index contributed by atoms with van der Waals surface area (Å²) in [5.74, 6) is 6.64. The van der Waals surface area contributed by atoms with Gasteiger partial charge < -0.3 is 98.1 Å². The molecule has 2 aromatic heterocycles. The third-order valence-electron chi connectivity index (χ3n) is 18.2. The summed E-state index contributed by atoms with van der Waals surface area (Å²) >= 11 is 12.9. The van der Waals surface area contributed by atoms with Crippen molar-refractivity contribution in [3.8, 4) is 63.4 Å². The highest BCUT2D eigenvalue weighted by molar-refractivity contribution is 7.67. The first-order valence-electron chi connectivity index (χ1n) is 36.2. The normalized spacial score (nSPS) is 18.9. The van der Waals surface area contributed by atoms with Crippen LogP contribution in [0.3, 0.4) is 0 Å². The summed E-state index contributed by atoms with van der Waals surface area (Å²) in [6, 6.07) is 14.6. The molecule has 0 spiro atoms.